The first-order valence-corrected chi connectivity index (χ1v) is 9.81. The molecule has 3 aromatic rings. The number of rotatable bonds is 9. The molecular formula is C23H26N4O2. The molecule has 29 heavy (non-hydrogen) atoms. The average molecular weight is 390 g/mol. The summed E-state index contributed by atoms with van der Waals surface area (Å²) in [5, 5.41) is 6.55. The molecule has 1 heterocycles. The molecule has 0 aliphatic carbocycles. The molecule has 0 amide bonds. The molecule has 0 bridgehead atoms. The predicted molar refractivity (Wildman–Crippen MR) is 116 cm³/mol. The number of carbonyl (C=O) groups excluding carboxylic acids is 1. The lowest BCUT2D eigenvalue weighted by Gasteiger charge is -2.10. The van der Waals surface area contributed by atoms with E-state index < -0.39 is 0 Å². The molecule has 0 unspecified atom stereocenters. The zero-order valence-corrected chi connectivity index (χ0v) is 16.8. The Labute approximate surface area is 171 Å². The summed E-state index contributed by atoms with van der Waals surface area (Å²) in [5.41, 5.74) is 3.53. The van der Waals surface area contributed by atoms with Crippen molar-refractivity contribution in [3.63, 3.8) is 0 Å². The Morgan fingerprint density at radius 2 is 1.79 bits per heavy atom. The Balaban J connectivity index is 1.56. The second-order valence-corrected chi connectivity index (χ2v) is 6.66. The van der Waals surface area contributed by atoms with Crippen LogP contribution in [0.4, 0.5) is 17.5 Å². The fraction of sp³-hybridized carbons (Fsp3) is 0.261. The minimum atomic E-state index is -0.326. The van der Waals surface area contributed by atoms with Crippen LogP contribution in [0.1, 0.15) is 35.0 Å². The van der Waals surface area contributed by atoms with E-state index in [1.165, 1.54) is 5.56 Å². The molecule has 2 N–H and O–H groups in total. The van der Waals surface area contributed by atoms with Crippen LogP contribution < -0.4 is 10.6 Å². The molecule has 0 aliphatic heterocycles. The van der Waals surface area contributed by atoms with Crippen molar-refractivity contribution in [1.82, 2.24) is 9.97 Å². The third kappa shape index (κ3) is 6.31. The number of carbonyl (C=O) groups is 1. The summed E-state index contributed by atoms with van der Waals surface area (Å²) >= 11 is 0. The number of nitrogens with one attached hydrogen (secondary N) is 2. The van der Waals surface area contributed by atoms with Crippen molar-refractivity contribution < 1.29 is 9.53 Å². The van der Waals surface area contributed by atoms with E-state index in [4.69, 9.17) is 4.74 Å². The lowest BCUT2D eigenvalue weighted by Crippen LogP contribution is -2.08. The van der Waals surface area contributed by atoms with Gasteiger partial charge in [0.15, 0.2) is 0 Å². The number of ether oxygens (including phenoxy) is 1. The first-order valence-electron chi connectivity index (χ1n) is 9.81. The highest BCUT2D eigenvalue weighted by molar-refractivity contribution is 5.89. The van der Waals surface area contributed by atoms with Crippen LogP contribution >= 0.6 is 0 Å². The normalized spacial score (nSPS) is 10.4. The van der Waals surface area contributed by atoms with Crippen LogP contribution in [0.15, 0.2) is 60.7 Å². The second kappa shape index (κ2) is 10.2. The quantitative estimate of drug-likeness (QED) is 0.406. The molecule has 0 radical (unpaired) electrons. The topological polar surface area (TPSA) is 76.1 Å². The number of aryl methyl sites for hydroxylation is 2. The van der Waals surface area contributed by atoms with Crippen LogP contribution in [0.2, 0.25) is 0 Å². The Morgan fingerprint density at radius 1 is 1.03 bits per heavy atom. The monoisotopic (exact) mass is 390 g/mol. The summed E-state index contributed by atoms with van der Waals surface area (Å²) in [6.07, 6.45) is 2.04. The average Bonchev–Trinajstić information content (AvgIpc) is 2.72. The van der Waals surface area contributed by atoms with E-state index in [1.54, 1.807) is 19.1 Å². The number of esters is 1. The summed E-state index contributed by atoms with van der Waals surface area (Å²) in [6, 6.07) is 19.4. The van der Waals surface area contributed by atoms with Crippen molar-refractivity contribution in [3.8, 4) is 0 Å². The largest absolute Gasteiger partial charge is 0.462 e. The Bertz CT molecular complexity index is 927. The van der Waals surface area contributed by atoms with Gasteiger partial charge in [0, 0.05) is 24.0 Å². The summed E-state index contributed by atoms with van der Waals surface area (Å²) in [4.78, 5) is 20.7. The first kappa shape index (κ1) is 20.3. The van der Waals surface area contributed by atoms with Gasteiger partial charge in [0.25, 0.3) is 0 Å². The zero-order valence-electron chi connectivity index (χ0n) is 16.8. The van der Waals surface area contributed by atoms with Crippen LogP contribution in [0.25, 0.3) is 0 Å². The van der Waals surface area contributed by atoms with Crippen LogP contribution in [0.5, 0.6) is 0 Å². The van der Waals surface area contributed by atoms with E-state index in [2.05, 4.69) is 44.9 Å². The standard InChI is InChI=1S/C23H26N4O2/c1-3-29-22(28)19-11-13-20(14-12-19)26-23-25-17(2)16-21(27-23)24-15-7-10-18-8-5-4-6-9-18/h4-6,8-9,11-14,16H,3,7,10,15H2,1-2H3,(H2,24,25,26,27). The molecule has 0 fully saturated rings. The zero-order chi connectivity index (χ0) is 20.5. The number of aromatic nitrogens is 2. The van der Waals surface area contributed by atoms with Crippen molar-refractivity contribution in [2.24, 2.45) is 0 Å². The maximum Gasteiger partial charge on any atom is 0.338 e. The number of nitrogens with zero attached hydrogens (tertiary/aromatic N) is 2. The highest BCUT2D eigenvalue weighted by Gasteiger charge is 2.07. The van der Waals surface area contributed by atoms with Gasteiger partial charge in [0.05, 0.1) is 12.2 Å². The van der Waals surface area contributed by atoms with Gasteiger partial charge in [-0.1, -0.05) is 30.3 Å². The molecule has 2 aromatic carbocycles. The maximum absolute atomic E-state index is 11.7. The number of benzene rings is 2. The highest BCUT2D eigenvalue weighted by atomic mass is 16.5. The maximum atomic E-state index is 11.7. The summed E-state index contributed by atoms with van der Waals surface area (Å²) < 4.78 is 5.00. The van der Waals surface area contributed by atoms with Gasteiger partial charge >= 0.3 is 5.97 Å². The van der Waals surface area contributed by atoms with Crippen molar-refractivity contribution in [3.05, 3.63) is 77.5 Å². The lowest BCUT2D eigenvalue weighted by atomic mass is 10.1. The Morgan fingerprint density at radius 3 is 2.52 bits per heavy atom. The van der Waals surface area contributed by atoms with E-state index in [-0.39, 0.29) is 5.97 Å². The van der Waals surface area contributed by atoms with Crippen molar-refractivity contribution in [1.29, 1.82) is 0 Å². The van der Waals surface area contributed by atoms with E-state index >= 15 is 0 Å². The molecular weight excluding hydrogens is 364 g/mol. The third-order valence-electron chi connectivity index (χ3n) is 4.30. The molecule has 0 spiro atoms. The van der Waals surface area contributed by atoms with E-state index in [0.717, 1.165) is 36.6 Å². The highest BCUT2D eigenvalue weighted by Crippen LogP contribution is 2.17. The van der Waals surface area contributed by atoms with Crippen LogP contribution in [-0.4, -0.2) is 29.1 Å². The van der Waals surface area contributed by atoms with Gasteiger partial charge in [-0.25, -0.2) is 9.78 Å². The van der Waals surface area contributed by atoms with Gasteiger partial charge in [0.2, 0.25) is 5.95 Å². The molecule has 150 valence electrons. The molecule has 0 atom stereocenters. The van der Waals surface area contributed by atoms with E-state index in [1.807, 2.05) is 31.2 Å². The predicted octanol–water partition coefficient (Wildman–Crippen LogP) is 4.75. The third-order valence-corrected chi connectivity index (χ3v) is 4.30. The summed E-state index contributed by atoms with van der Waals surface area (Å²) in [6.45, 7) is 4.91. The molecule has 6 nitrogen and oxygen atoms in total. The minimum Gasteiger partial charge on any atom is -0.462 e. The van der Waals surface area contributed by atoms with Crippen molar-refractivity contribution >= 4 is 23.4 Å². The minimum absolute atomic E-state index is 0.326. The molecule has 0 saturated carbocycles. The smallest absolute Gasteiger partial charge is 0.338 e. The van der Waals surface area contributed by atoms with Gasteiger partial charge in [-0.05, 0) is 56.5 Å². The first-order chi connectivity index (χ1) is 14.1. The number of hydrogen-bond acceptors (Lipinski definition) is 6. The SMILES string of the molecule is CCOC(=O)c1ccc(Nc2nc(C)cc(NCCCc3ccccc3)n2)cc1. The van der Waals surface area contributed by atoms with Gasteiger partial charge in [0.1, 0.15) is 5.82 Å². The van der Waals surface area contributed by atoms with E-state index in [9.17, 15) is 4.79 Å². The summed E-state index contributed by atoms with van der Waals surface area (Å²) in [5.74, 6) is 0.975. The van der Waals surface area contributed by atoms with Gasteiger partial charge < -0.3 is 15.4 Å². The van der Waals surface area contributed by atoms with Crippen molar-refractivity contribution in [2.45, 2.75) is 26.7 Å². The van der Waals surface area contributed by atoms with Gasteiger partial charge in [-0.2, -0.15) is 4.98 Å². The fourth-order valence-corrected chi connectivity index (χ4v) is 2.90. The van der Waals surface area contributed by atoms with Crippen LogP contribution in [0, 0.1) is 6.92 Å². The van der Waals surface area contributed by atoms with Crippen molar-refractivity contribution in [2.75, 3.05) is 23.8 Å². The fourth-order valence-electron chi connectivity index (χ4n) is 2.90. The van der Waals surface area contributed by atoms with Gasteiger partial charge in [-0.15, -0.1) is 0 Å². The Kier molecular flexibility index (Phi) is 7.16. The number of hydrogen-bond donors (Lipinski definition) is 2. The van der Waals surface area contributed by atoms with E-state index in [0.29, 0.717) is 18.1 Å². The second-order valence-electron chi connectivity index (χ2n) is 6.66. The number of anilines is 3. The van der Waals surface area contributed by atoms with Gasteiger partial charge in [-0.3, -0.25) is 0 Å². The molecule has 1 aromatic heterocycles. The lowest BCUT2D eigenvalue weighted by molar-refractivity contribution is 0.0526. The van der Waals surface area contributed by atoms with Crippen LogP contribution in [0.3, 0.4) is 0 Å². The Hall–Kier alpha value is -3.41. The molecule has 6 heteroatoms. The summed E-state index contributed by atoms with van der Waals surface area (Å²) in [7, 11) is 0. The molecule has 0 saturated heterocycles. The molecule has 0 aliphatic rings. The van der Waals surface area contributed by atoms with Crippen LogP contribution in [-0.2, 0) is 11.2 Å². The molecule has 3 rings (SSSR count).